The predicted molar refractivity (Wildman–Crippen MR) is 109 cm³/mol. The molecular weight excluding hydrogens is 416 g/mol. The zero-order valence-corrected chi connectivity index (χ0v) is 16.2. The zero-order chi connectivity index (χ0) is 21.6. The maximum absolute atomic E-state index is 13.6. The Morgan fingerprint density at radius 3 is 2.70 bits per heavy atom. The molecule has 1 aliphatic rings. The summed E-state index contributed by atoms with van der Waals surface area (Å²) in [6.07, 6.45) is 3.43. The molecule has 1 atom stereocenters. The lowest BCUT2D eigenvalue weighted by molar-refractivity contribution is -0.109. The maximum Gasteiger partial charge on any atom is 0.329 e. The summed E-state index contributed by atoms with van der Waals surface area (Å²) >= 11 is 6.11. The largest absolute Gasteiger partial charge is 0.493 e. The van der Waals surface area contributed by atoms with E-state index in [9.17, 15) is 23.5 Å². The number of rotatable bonds is 4. The van der Waals surface area contributed by atoms with Crippen LogP contribution in [-0.2, 0) is 4.79 Å². The molecule has 6 nitrogen and oxygen atoms in total. The Morgan fingerprint density at radius 1 is 1.23 bits per heavy atom. The van der Waals surface area contributed by atoms with Gasteiger partial charge in [0.25, 0.3) is 0 Å². The van der Waals surface area contributed by atoms with E-state index in [1.165, 1.54) is 12.1 Å². The first-order valence-electron chi connectivity index (χ1n) is 8.80. The number of aliphatic imine (C=N–C) groups is 1. The van der Waals surface area contributed by atoms with Crippen LogP contribution in [-0.4, -0.2) is 27.2 Å². The van der Waals surface area contributed by atoms with E-state index in [4.69, 9.17) is 11.6 Å². The highest BCUT2D eigenvalue weighted by atomic mass is 35.5. The number of benzene rings is 2. The lowest BCUT2D eigenvalue weighted by atomic mass is 10.0. The number of imidazole rings is 1. The Bertz CT molecular complexity index is 1310. The van der Waals surface area contributed by atoms with Crippen LogP contribution in [0.4, 0.5) is 14.5 Å². The van der Waals surface area contributed by atoms with Crippen LogP contribution >= 0.6 is 11.6 Å². The molecular formula is C21H14ClF2N3O3. The smallest absolute Gasteiger partial charge is 0.329 e. The third kappa shape index (κ3) is 3.15. The average molecular weight is 430 g/mol. The molecule has 30 heavy (non-hydrogen) atoms. The second-order valence-corrected chi connectivity index (χ2v) is 7.13. The number of carbonyl (C=O) groups is 1. The van der Waals surface area contributed by atoms with Crippen LogP contribution in [0.3, 0.4) is 0 Å². The molecule has 4 rings (SSSR count). The van der Waals surface area contributed by atoms with Gasteiger partial charge in [-0.15, -0.1) is 0 Å². The van der Waals surface area contributed by atoms with E-state index in [-0.39, 0.29) is 11.3 Å². The minimum atomic E-state index is -1.35. The Kier molecular flexibility index (Phi) is 4.87. The lowest BCUT2D eigenvalue weighted by Crippen LogP contribution is -2.24. The molecule has 0 saturated heterocycles. The van der Waals surface area contributed by atoms with Gasteiger partial charge < -0.3 is 14.9 Å². The summed E-state index contributed by atoms with van der Waals surface area (Å²) in [6, 6.07) is 4.96. The van der Waals surface area contributed by atoms with E-state index in [1.807, 2.05) is 6.92 Å². The van der Waals surface area contributed by atoms with Gasteiger partial charge in [0.1, 0.15) is 18.0 Å². The van der Waals surface area contributed by atoms with Crippen LogP contribution in [0.5, 0.6) is 5.88 Å². The molecule has 9 heteroatoms. The number of allylic oxidation sites excluding steroid dienone is 1. The highest BCUT2D eigenvalue weighted by Crippen LogP contribution is 2.39. The summed E-state index contributed by atoms with van der Waals surface area (Å²) in [5.41, 5.74) is 2.12. The van der Waals surface area contributed by atoms with Crippen molar-refractivity contribution in [2.75, 3.05) is 0 Å². The Labute approximate surface area is 173 Å². The highest BCUT2D eigenvalue weighted by Gasteiger charge is 2.24. The Morgan fingerprint density at radius 2 is 2.00 bits per heavy atom. The van der Waals surface area contributed by atoms with Crippen molar-refractivity contribution in [2.24, 2.45) is 4.99 Å². The maximum atomic E-state index is 13.6. The van der Waals surface area contributed by atoms with Crippen molar-refractivity contribution in [2.45, 2.75) is 13.0 Å². The monoisotopic (exact) mass is 429 g/mol. The third-order valence-electron chi connectivity index (χ3n) is 4.93. The first-order chi connectivity index (χ1) is 14.3. The Hall–Kier alpha value is -3.52. The third-order valence-corrected chi connectivity index (χ3v) is 5.34. The van der Waals surface area contributed by atoms with Gasteiger partial charge >= 0.3 is 5.69 Å². The van der Waals surface area contributed by atoms with Crippen molar-refractivity contribution >= 4 is 41.4 Å². The molecule has 3 aromatic rings. The molecule has 2 heterocycles. The van der Waals surface area contributed by atoms with E-state index in [0.29, 0.717) is 22.6 Å². The second-order valence-electron chi connectivity index (χ2n) is 6.72. The molecule has 0 radical (unpaired) electrons. The molecule has 1 aromatic heterocycles. The van der Waals surface area contributed by atoms with Crippen LogP contribution in [0.15, 0.2) is 40.1 Å². The standard InChI is InChI=1S/C21H14ClF2N3O3/c1-10-14(22)4-3-13-12(8-25-19(10)13)7-17-20(29)27(21(30)26-17)18(9-28)11-2-5-15(23)16(24)6-11/h2-9,18,29H,1H3,(H,26,30)/b12-7+. The predicted octanol–water partition coefficient (Wildman–Crippen LogP) is 4.17. The van der Waals surface area contributed by atoms with Gasteiger partial charge in [-0.2, -0.15) is 0 Å². The summed E-state index contributed by atoms with van der Waals surface area (Å²) in [7, 11) is 0. The molecule has 152 valence electrons. The number of H-pyrrole nitrogens is 1. The molecule has 0 fully saturated rings. The Balaban J connectivity index is 1.79. The number of nitrogens with zero attached hydrogens (tertiary/aromatic N) is 2. The van der Waals surface area contributed by atoms with Crippen LogP contribution in [0.25, 0.3) is 11.6 Å². The first-order valence-corrected chi connectivity index (χ1v) is 9.18. The summed E-state index contributed by atoms with van der Waals surface area (Å²) in [4.78, 5) is 30.9. The van der Waals surface area contributed by atoms with E-state index in [0.717, 1.165) is 27.8 Å². The highest BCUT2D eigenvalue weighted by molar-refractivity contribution is 6.32. The van der Waals surface area contributed by atoms with Gasteiger partial charge in [0.05, 0.1) is 5.69 Å². The van der Waals surface area contributed by atoms with Crippen molar-refractivity contribution in [3.8, 4) is 5.88 Å². The normalized spacial score (nSPS) is 14.9. The fourth-order valence-corrected chi connectivity index (χ4v) is 3.50. The van der Waals surface area contributed by atoms with Gasteiger partial charge in [0, 0.05) is 22.4 Å². The van der Waals surface area contributed by atoms with Gasteiger partial charge in [-0.05, 0) is 42.3 Å². The summed E-state index contributed by atoms with van der Waals surface area (Å²) < 4.78 is 27.6. The minimum absolute atomic E-state index is 0.0116. The molecule has 0 spiro atoms. The van der Waals surface area contributed by atoms with Gasteiger partial charge in [-0.3, -0.25) is 4.99 Å². The SMILES string of the molecule is Cc1c(Cl)ccc2c1N=C/C2=C\c1[nH]c(=O)n(C(C=O)c2ccc(F)c(F)c2)c1O. The molecule has 2 N–H and O–H groups in total. The first kappa shape index (κ1) is 19.8. The van der Waals surface area contributed by atoms with Gasteiger partial charge in [-0.1, -0.05) is 23.7 Å². The van der Waals surface area contributed by atoms with Gasteiger partial charge in [-0.25, -0.2) is 18.1 Å². The van der Waals surface area contributed by atoms with E-state index in [1.54, 1.807) is 18.3 Å². The average Bonchev–Trinajstić information content (AvgIpc) is 3.24. The zero-order valence-electron chi connectivity index (χ0n) is 15.5. The van der Waals surface area contributed by atoms with Crippen LogP contribution in [0, 0.1) is 18.6 Å². The number of nitrogens with one attached hydrogen (secondary N) is 1. The quantitative estimate of drug-likeness (QED) is 0.610. The van der Waals surface area contributed by atoms with Crippen LogP contribution in [0.1, 0.15) is 28.4 Å². The van der Waals surface area contributed by atoms with Gasteiger partial charge in [0.2, 0.25) is 5.88 Å². The summed E-state index contributed by atoms with van der Waals surface area (Å²) in [5, 5.41) is 11.2. The van der Waals surface area contributed by atoms with Crippen molar-refractivity contribution in [1.82, 2.24) is 9.55 Å². The number of hydrogen-bond donors (Lipinski definition) is 2. The van der Waals surface area contributed by atoms with Crippen LogP contribution in [0.2, 0.25) is 5.02 Å². The molecule has 0 bridgehead atoms. The van der Waals surface area contributed by atoms with Gasteiger partial charge in [0.15, 0.2) is 11.6 Å². The second kappa shape index (κ2) is 7.38. The number of hydrogen-bond acceptors (Lipinski definition) is 4. The molecule has 0 saturated carbocycles. The molecule has 0 amide bonds. The number of aldehydes is 1. The molecule has 0 aliphatic carbocycles. The molecule has 1 unspecified atom stereocenters. The molecule has 1 aliphatic heterocycles. The van der Waals surface area contributed by atoms with Crippen LogP contribution < -0.4 is 5.69 Å². The minimum Gasteiger partial charge on any atom is -0.493 e. The fraction of sp³-hybridized carbons (Fsp3) is 0.0952. The molecule has 2 aromatic carbocycles. The number of aromatic hydroxyl groups is 1. The van der Waals surface area contributed by atoms with Crippen molar-refractivity contribution in [3.63, 3.8) is 0 Å². The number of carbonyl (C=O) groups excluding carboxylic acids is 1. The summed E-state index contributed by atoms with van der Waals surface area (Å²) in [6.45, 7) is 1.83. The number of fused-ring (bicyclic) bond motifs is 1. The van der Waals surface area contributed by atoms with E-state index < -0.39 is 29.2 Å². The van der Waals surface area contributed by atoms with Crippen molar-refractivity contribution < 1.29 is 18.7 Å². The number of aromatic nitrogens is 2. The number of halogens is 3. The van der Waals surface area contributed by atoms with E-state index in [2.05, 4.69) is 9.98 Å². The fourth-order valence-electron chi connectivity index (χ4n) is 3.35. The topological polar surface area (TPSA) is 87.5 Å². The lowest BCUT2D eigenvalue weighted by Gasteiger charge is -2.13. The van der Waals surface area contributed by atoms with Crippen molar-refractivity contribution in [3.05, 3.63) is 79.9 Å². The number of aromatic amines is 1. The summed E-state index contributed by atoms with van der Waals surface area (Å²) in [5.74, 6) is -2.78. The van der Waals surface area contributed by atoms with Crippen molar-refractivity contribution in [1.29, 1.82) is 0 Å². The van der Waals surface area contributed by atoms with E-state index >= 15 is 0 Å².